The molecule has 0 aromatic rings. The molecule has 1 saturated carbocycles. The van der Waals surface area contributed by atoms with Crippen molar-refractivity contribution < 1.29 is 0 Å². The molecule has 2 fully saturated rings. The maximum atomic E-state index is 6.01. The summed E-state index contributed by atoms with van der Waals surface area (Å²) in [6.07, 6.45) is 7.79. The number of likely N-dealkylation sites (tertiary alicyclic amines) is 1. The van der Waals surface area contributed by atoms with Gasteiger partial charge in [-0.15, -0.1) is 0 Å². The highest BCUT2D eigenvalue weighted by Crippen LogP contribution is 2.17. The second-order valence-corrected chi connectivity index (χ2v) is 5.70. The van der Waals surface area contributed by atoms with Crippen LogP contribution in [0.4, 0.5) is 0 Å². The van der Waals surface area contributed by atoms with Crippen molar-refractivity contribution in [3.05, 3.63) is 0 Å². The normalized spacial score (nSPS) is 34.1. The Bertz CT molecular complexity index is 201. The Labute approximate surface area is 99.8 Å². The highest BCUT2D eigenvalue weighted by molar-refractivity contribution is 4.83. The molecule has 3 N–H and O–H groups in total. The van der Waals surface area contributed by atoms with Crippen molar-refractivity contribution in [3.8, 4) is 0 Å². The van der Waals surface area contributed by atoms with Gasteiger partial charge in [0, 0.05) is 24.7 Å². The Balaban J connectivity index is 1.67. The number of rotatable bonds is 4. The van der Waals surface area contributed by atoms with Crippen molar-refractivity contribution in [2.45, 2.75) is 63.6 Å². The van der Waals surface area contributed by atoms with Crippen LogP contribution >= 0.6 is 0 Å². The van der Waals surface area contributed by atoms with Crippen molar-refractivity contribution in [2.24, 2.45) is 5.73 Å². The molecule has 2 aliphatic rings. The van der Waals surface area contributed by atoms with Crippen LogP contribution in [0.2, 0.25) is 0 Å². The predicted molar refractivity (Wildman–Crippen MR) is 68.5 cm³/mol. The number of nitrogens with zero attached hydrogens (tertiary/aromatic N) is 1. The van der Waals surface area contributed by atoms with Gasteiger partial charge < -0.3 is 16.0 Å². The van der Waals surface area contributed by atoms with Crippen LogP contribution in [0.5, 0.6) is 0 Å². The van der Waals surface area contributed by atoms with Gasteiger partial charge in [0.25, 0.3) is 0 Å². The van der Waals surface area contributed by atoms with Crippen LogP contribution in [0.3, 0.4) is 0 Å². The third-order valence-electron chi connectivity index (χ3n) is 3.97. The molecule has 0 radical (unpaired) electrons. The molecule has 3 atom stereocenters. The van der Waals surface area contributed by atoms with Crippen molar-refractivity contribution in [2.75, 3.05) is 19.6 Å². The van der Waals surface area contributed by atoms with Gasteiger partial charge in [0.2, 0.25) is 0 Å². The minimum Gasteiger partial charge on any atom is -0.328 e. The summed E-state index contributed by atoms with van der Waals surface area (Å²) < 4.78 is 0. The summed E-state index contributed by atoms with van der Waals surface area (Å²) in [6, 6.07) is 1.72. The van der Waals surface area contributed by atoms with Gasteiger partial charge in [-0.1, -0.05) is 6.42 Å². The van der Waals surface area contributed by atoms with Crippen LogP contribution in [-0.2, 0) is 0 Å². The fourth-order valence-corrected chi connectivity index (χ4v) is 3.19. The molecule has 1 aliphatic heterocycles. The lowest BCUT2D eigenvalue weighted by molar-refractivity contribution is 0.259. The zero-order valence-electron chi connectivity index (χ0n) is 10.6. The Morgan fingerprint density at radius 1 is 1.25 bits per heavy atom. The van der Waals surface area contributed by atoms with Gasteiger partial charge in [-0.25, -0.2) is 0 Å². The van der Waals surface area contributed by atoms with Crippen molar-refractivity contribution in [1.29, 1.82) is 0 Å². The van der Waals surface area contributed by atoms with Gasteiger partial charge in [-0.05, 0) is 52.1 Å². The van der Waals surface area contributed by atoms with Crippen molar-refractivity contribution >= 4 is 0 Å². The molecule has 0 spiro atoms. The van der Waals surface area contributed by atoms with E-state index in [1.165, 1.54) is 58.2 Å². The molecular formula is C13H27N3. The molecule has 1 saturated heterocycles. The van der Waals surface area contributed by atoms with Crippen molar-refractivity contribution in [3.63, 3.8) is 0 Å². The second kappa shape index (κ2) is 5.99. The molecule has 0 aromatic carbocycles. The SMILES string of the molecule is CC(CN1CCCC1)NC1CCCC(N)C1. The third kappa shape index (κ3) is 3.72. The molecule has 0 bridgehead atoms. The van der Waals surface area contributed by atoms with Gasteiger partial charge in [-0.2, -0.15) is 0 Å². The maximum Gasteiger partial charge on any atom is 0.0169 e. The molecule has 94 valence electrons. The summed E-state index contributed by atoms with van der Waals surface area (Å²) >= 11 is 0. The van der Waals surface area contributed by atoms with E-state index >= 15 is 0 Å². The summed E-state index contributed by atoms with van der Waals surface area (Å²) in [5.74, 6) is 0. The van der Waals surface area contributed by atoms with E-state index in [2.05, 4.69) is 17.1 Å². The lowest BCUT2D eigenvalue weighted by Gasteiger charge is -2.31. The molecule has 1 heterocycles. The van der Waals surface area contributed by atoms with Gasteiger partial charge in [0.05, 0.1) is 0 Å². The summed E-state index contributed by atoms with van der Waals surface area (Å²) in [5, 5.41) is 3.75. The smallest absolute Gasteiger partial charge is 0.0169 e. The van der Waals surface area contributed by atoms with E-state index in [1.807, 2.05) is 0 Å². The molecule has 0 aromatic heterocycles. The monoisotopic (exact) mass is 225 g/mol. The largest absolute Gasteiger partial charge is 0.328 e. The van der Waals surface area contributed by atoms with E-state index in [1.54, 1.807) is 0 Å². The van der Waals surface area contributed by atoms with Gasteiger partial charge in [0.15, 0.2) is 0 Å². The van der Waals surface area contributed by atoms with E-state index in [9.17, 15) is 0 Å². The molecule has 3 heteroatoms. The Hall–Kier alpha value is -0.120. The predicted octanol–water partition coefficient (Wildman–Crippen LogP) is 1.33. The first-order valence-corrected chi connectivity index (χ1v) is 6.98. The quantitative estimate of drug-likeness (QED) is 0.758. The molecular weight excluding hydrogens is 198 g/mol. The average molecular weight is 225 g/mol. The van der Waals surface area contributed by atoms with Gasteiger partial charge in [0.1, 0.15) is 0 Å². The standard InChI is InChI=1S/C13H27N3/c1-11(10-16-7-2-3-8-16)15-13-6-4-5-12(14)9-13/h11-13,15H,2-10,14H2,1H3. The van der Waals surface area contributed by atoms with Crippen molar-refractivity contribution in [1.82, 2.24) is 10.2 Å². The first-order chi connectivity index (χ1) is 7.74. The third-order valence-corrected chi connectivity index (χ3v) is 3.97. The lowest BCUT2D eigenvalue weighted by Crippen LogP contribution is -2.47. The lowest BCUT2D eigenvalue weighted by atomic mass is 9.91. The average Bonchev–Trinajstić information content (AvgIpc) is 2.70. The summed E-state index contributed by atoms with van der Waals surface area (Å²) in [5.41, 5.74) is 6.01. The Morgan fingerprint density at radius 2 is 2.00 bits per heavy atom. The van der Waals surface area contributed by atoms with Gasteiger partial charge in [-0.3, -0.25) is 0 Å². The molecule has 16 heavy (non-hydrogen) atoms. The molecule has 1 aliphatic carbocycles. The molecule has 3 unspecified atom stereocenters. The molecule has 2 rings (SSSR count). The van der Waals surface area contributed by atoms with Crippen LogP contribution in [0.1, 0.15) is 45.4 Å². The van der Waals surface area contributed by atoms with Crippen LogP contribution < -0.4 is 11.1 Å². The van der Waals surface area contributed by atoms with E-state index in [-0.39, 0.29) is 0 Å². The van der Waals surface area contributed by atoms with E-state index in [4.69, 9.17) is 5.73 Å². The number of hydrogen-bond donors (Lipinski definition) is 2. The molecule has 0 amide bonds. The topological polar surface area (TPSA) is 41.3 Å². The molecule has 3 nitrogen and oxygen atoms in total. The minimum atomic E-state index is 0.435. The van der Waals surface area contributed by atoms with E-state index in [0.717, 1.165) is 0 Å². The van der Waals surface area contributed by atoms with E-state index < -0.39 is 0 Å². The maximum absolute atomic E-state index is 6.01. The summed E-state index contributed by atoms with van der Waals surface area (Å²) in [7, 11) is 0. The Morgan fingerprint density at radius 3 is 2.69 bits per heavy atom. The second-order valence-electron chi connectivity index (χ2n) is 5.70. The van der Waals surface area contributed by atoms with Gasteiger partial charge >= 0.3 is 0 Å². The minimum absolute atomic E-state index is 0.435. The van der Waals surface area contributed by atoms with Crippen LogP contribution in [0.25, 0.3) is 0 Å². The summed E-state index contributed by atoms with van der Waals surface area (Å²) in [6.45, 7) is 6.14. The Kier molecular flexibility index (Phi) is 4.62. The number of hydrogen-bond acceptors (Lipinski definition) is 3. The van der Waals surface area contributed by atoms with Crippen LogP contribution in [0.15, 0.2) is 0 Å². The highest BCUT2D eigenvalue weighted by atomic mass is 15.2. The fourth-order valence-electron chi connectivity index (χ4n) is 3.19. The highest BCUT2D eigenvalue weighted by Gasteiger charge is 2.21. The zero-order chi connectivity index (χ0) is 11.4. The number of nitrogens with two attached hydrogens (primary N) is 1. The summed E-state index contributed by atoms with van der Waals surface area (Å²) in [4.78, 5) is 2.58. The zero-order valence-corrected chi connectivity index (χ0v) is 10.6. The van der Waals surface area contributed by atoms with Crippen LogP contribution in [-0.4, -0.2) is 42.7 Å². The first-order valence-electron chi connectivity index (χ1n) is 6.98. The first kappa shape index (κ1) is 12.3. The van der Waals surface area contributed by atoms with Crippen LogP contribution in [0, 0.1) is 0 Å². The number of nitrogens with one attached hydrogen (secondary N) is 1. The fraction of sp³-hybridized carbons (Fsp3) is 1.00. The van der Waals surface area contributed by atoms with E-state index in [0.29, 0.717) is 18.1 Å².